The van der Waals surface area contributed by atoms with Gasteiger partial charge in [-0.15, -0.1) is 0 Å². The highest BCUT2D eigenvalue weighted by Gasteiger charge is 2.33. The van der Waals surface area contributed by atoms with Gasteiger partial charge >= 0.3 is 0 Å². The van der Waals surface area contributed by atoms with E-state index in [4.69, 9.17) is 0 Å². The van der Waals surface area contributed by atoms with Gasteiger partial charge in [0.05, 0.1) is 0 Å². The SMILES string of the molecule is Cc1cnc(C2CC2)n1C1CCN(Cc2cccc(F)c2)C1. The van der Waals surface area contributed by atoms with Crippen molar-refractivity contribution >= 4 is 0 Å². The third-order valence-electron chi connectivity index (χ3n) is 4.86. The van der Waals surface area contributed by atoms with Crippen molar-refractivity contribution in [1.82, 2.24) is 14.5 Å². The van der Waals surface area contributed by atoms with E-state index in [0.717, 1.165) is 31.6 Å². The van der Waals surface area contributed by atoms with Crippen LogP contribution in [-0.2, 0) is 6.54 Å². The first-order valence-corrected chi connectivity index (χ1v) is 8.21. The van der Waals surface area contributed by atoms with Crippen LogP contribution in [0.5, 0.6) is 0 Å². The molecule has 1 aliphatic carbocycles. The second-order valence-corrected chi connectivity index (χ2v) is 6.71. The van der Waals surface area contributed by atoms with E-state index < -0.39 is 0 Å². The summed E-state index contributed by atoms with van der Waals surface area (Å²) in [6.45, 7) is 5.10. The lowest BCUT2D eigenvalue weighted by Gasteiger charge is -2.19. The Balaban J connectivity index is 1.47. The lowest BCUT2D eigenvalue weighted by atomic mass is 10.2. The lowest BCUT2D eigenvalue weighted by Crippen LogP contribution is -2.22. The van der Waals surface area contributed by atoms with Crippen LogP contribution in [0, 0.1) is 12.7 Å². The monoisotopic (exact) mass is 299 g/mol. The zero-order valence-corrected chi connectivity index (χ0v) is 13.0. The average Bonchev–Trinajstić information content (AvgIpc) is 3.12. The topological polar surface area (TPSA) is 21.1 Å². The Morgan fingerprint density at radius 3 is 2.91 bits per heavy atom. The quantitative estimate of drug-likeness (QED) is 0.859. The molecular weight excluding hydrogens is 277 g/mol. The molecular formula is C18H22FN3. The predicted molar refractivity (Wildman–Crippen MR) is 84.3 cm³/mol. The molecule has 22 heavy (non-hydrogen) atoms. The highest BCUT2D eigenvalue weighted by molar-refractivity contribution is 5.17. The normalized spacial score (nSPS) is 22.4. The van der Waals surface area contributed by atoms with Gasteiger partial charge in [-0.2, -0.15) is 0 Å². The van der Waals surface area contributed by atoms with Crippen LogP contribution in [0.15, 0.2) is 30.5 Å². The van der Waals surface area contributed by atoms with Gasteiger partial charge < -0.3 is 4.57 Å². The Hall–Kier alpha value is -1.68. The zero-order chi connectivity index (χ0) is 15.1. The number of nitrogens with zero attached hydrogens (tertiary/aromatic N) is 3. The van der Waals surface area contributed by atoms with Gasteiger partial charge in [-0.1, -0.05) is 12.1 Å². The minimum atomic E-state index is -0.144. The van der Waals surface area contributed by atoms with Crippen LogP contribution < -0.4 is 0 Å². The van der Waals surface area contributed by atoms with E-state index in [0.29, 0.717) is 12.0 Å². The lowest BCUT2D eigenvalue weighted by molar-refractivity contribution is 0.314. The fourth-order valence-corrected chi connectivity index (χ4v) is 3.64. The average molecular weight is 299 g/mol. The molecule has 1 unspecified atom stereocenters. The summed E-state index contributed by atoms with van der Waals surface area (Å²) in [4.78, 5) is 7.06. The molecule has 0 radical (unpaired) electrons. The van der Waals surface area contributed by atoms with Gasteiger partial charge in [0, 0.05) is 43.5 Å². The predicted octanol–water partition coefficient (Wildman–Crippen LogP) is 3.66. The summed E-state index contributed by atoms with van der Waals surface area (Å²) < 4.78 is 15.8. The molecule has 1 atom stereocenters. The third kappa shape index (κ3) is 2.68. The van der Waals surface area contributed by atoms with Crippen LogP contribution in [0.4, 0.5) is 4.39 Å². The highest BCUT2D eigenvalue weighted by Crippen LogP contribution is 2.41. The second kappa shape index (κ2) is 5.51. The van der Waals surface area contributed by atoms with Crippen molar-refractivity contribution in [2.45, 2.75) is 44.7 Å². The second-order valence-electron chi connectivity index (χ2n) is 6.71. The number of imidazole rings is 1. The molecule has 2 aromatic rings. The minimum absolute atomic E-state index is 0.144. The summed E-state index contributed by atoms with van der Waals surface area (Å²) in [5, 5.41) is 0. The molecule has 1 aliphatic heterocycles. The number of likely N-dealkylation sites (tertiary alicyclic amines) is 1. The summed E-state index contributed by atoms with van der Waals surface area (Å²) in [5.41, 5.74) is 2.34. The maximum absolute atomic E-state index is 13.3. The van der Waals surface area contributed by atoms with E-state index in [9.17, 15) is 4.39 Å². The Kier molecular flexibility index (Phi) is 3.49. The number of benzene rings is 1. The van der Waals surface area contributed by atoms with Crippen molar-refractivity contribution < 1.29 is 4.39 Å². The van der Waals surface area contributed by atoms with Crippen LogP contribution in [0.3, 0.4) is 0 Å². The van der Waals surface area contributed by atoms with Crippen molar-refractivity contribution in [2.75, 3.05) is 13.1 Å². The van der Waals surface area contributed by atoms with Gasteiger partial charge in [-0.25, -0.2) is 9.37 Å². The number of aromatic nitrogens is 2. The Bertz CT molecular complexity index is 675. The van der Waals surface area contributed by atoms with Crippen LogP contribution in [0.2, 0.25) is 0 Å². The zero-order valence-electron chi connectivity index (χ0n) is 13.0. The first kappa shape index (κ1) is 13.9. The van der Waals surface area contributed by atoms with E-state index in [1.807, 2.05) is 12.3 Å². The molecule has 4 rings (SSSR count). The largest absolute Gasteiger partial charge is 0.328 e. The summed E-state index contributed by atoms with van der Waals surface area (Å²) >= 11 is 0. The summed E-state index contributed by atoms with van der Waals surface area (Å²) in [6, 6.07) is 7.47. The third-order valence-corrected chi connectivity index (χ3v) is 4.86. The number of hydrogen-bond acceptors (Lipinski definition) is 2. The van der Waals surface area contributed by atoms with Crippen molar-refractivity contribution in [1.29, 1.82) is 0 Å². The first-order valence-electron chi connectivity index (χ1n) is 8.21. The molecule has 3 nitrogen and oxygen atoms in total. The van der Waals surface area contributed by atoms with Gasteiger partial charge in [0.2, 0.25) is 0 Å². The van der Waals surface area contributed by atoms with Crippen LogP contribution in [-0.4, -0.2) is 27.5 Å². The van der Waals surface area contributed by atoms with E-state index in [2.05, 4.69) is 21.4 Å². The molecule has 2 aliphatic rings. The van der Waals surface area contributed by atoms with Gasteiger partial charge in [0.1, 0.15) is 11.6 Å². The minimum Gasteiger partial charge on any atom is -0.328 e. The smallest absolute Gasteiger partial charge is 0.123 e. The molecule has 116 valence electrons. The summed E-state index contributed by atoms with van der Waals surface area (Å²) in [7, 11) is 0. The van der Waals surface area contributed by atoms with Crippen molar-refractivity contribution in [3.05, 3.63) is 53.4 Å². The maximum Gasteiger partial charge on any atom is 0.123 e. The summed E-state index contributed by atoms with van der Waals surface area (Å²) in [5.74, 6) is 1.83. The molecule has 4 heteroatoms. The van der Waals surface area contributed by atoms with E-state index >= 15 is 0 Å². The molecule has 0 amide bonds. The molecule has 1 aromatic carbocycles. The summed E-state index contributed by atoms with van der Waals surface area (Å²) in [6.07, 6.45) is 5.75. The number of rotatable bonds is 4. The van der Waals surface area contributed by atoms with Gasteiger partial charge in [0.15, 0.2) is 0 Å². The molecule has 0 spiro atoms. The van der Waals surface area contributed by atoms with Crippen molar-refractivity contribution in [2.24, 2.45) is 0 Å². The molecule has 1 saturated heterocycles. The molecule has 2 fully saturated rings. The van der Waals surface area contributed by atoms with Crippen LogP contribution in [0.25, 0.3) is 0 Å². The van der Waals surface area contributed by atoms with Crippen molar-refractivity contribution in [3.63, 3.8) is 0 Å². The molecule has 0 bridgehead atoms. The molecule has 2 heterocycles. The van der Waals surface area contributed by atoms with E-state index in [-0.39, 0.29) is 5.82 Å². The van der Waals surface area contributed by atoms with Crippen LogP contribution >= 0.6 is 0 Å². The van der Waals surface area contributed by atoms with Crippen molar-refractivity contribution in [3.8, 4) is 0 Å². The van der Waals surface area contributed by atoms with Gasteiger partial charge in [0.25, 0.3) is 0 Å². The standard InChI is InChI=1S/C18H22FN3/c1-13-10-20-18(15-5-6-15)22(13)17-7-8-21(12-17)11-14-3-2-4-16(19)9-14/h2-4,9-10,15,17H,5-8,11-12H2,1H3. The Labute approximate surface area is 130 Å². The van der Waals surface area contributed by atoms with E-state index in [1.54, 1.807) is 12.1 Å². The van der Waals surface area contributed by atoms with Gasteiger partial charge in [-0.3, -0.25) is 4.90 Å². The van der Waals surface area contributed by atoms with Gasteiger partial charge in [-0.05, 0) is 43.9 Å². The number of aryl methyl sites for hydroxylation is 1. The first-order chi connectivity index (χ1) is 10.7. The molecule has 1 aromatic heterocycles. The fraction of sp³-hybridized carbons (Fsp3) is 0.500. The van der Waals surface area contributed by atoms with E-state index in [1.165, 1.54) is 30.4 Å². The highest BCUT2D eigenvalue weighted by atomic mass is 19.1. The number of halogens is 1. The maximum atomic E-state index is 13.3. The molecule has 0 N–H and O–H groups in total. The molecule has 1 saturated carbocycles. The Morgan fingerprint density at radius 1 is 1.27 bits per heavy atom. The Morgan fingerprint density at radius 2 is 2.14 bits per heavy atom. The fourth-order valence-electron chi connectivity index (χ4n) is 3.64. The van der Waals surface area contributed by atoms with Crippen LogP contribution in [0.1, 0.15) is 48.3 Å². The number of hydrogen-bond donors (Lipinski definition) is 0.